The standard InChI is InChI=1S/C15H24ClN3O2/c1-3-17-15(18-9-11-20-4-2)19-10-12-21-14-7-5-13(16)6-8-14/h5-8H,3-4,9-12H2,1-2H3,(H2,17,18,19). The summed E-state index contributed by atoms with van der Waals surface area (Å²) in [6, 6.07) is 7.32. The van der Waals surface area contributed by atoms with Crippen molar-refractivity contribution in [2.24, 2.45) is 4.99 Å². The number of ether oxygens (including phenoxy) is 2. The Morgan fingerprint density at radius 3 is 2.57 bits per heavy atom. The number of hydrogen-bond acceptors (Lipinski definition) is 3. The summed E-state index contributed by atoms with van der Waals surface area (Å²) >= 11 is 5.82. The molecule has 1 aromatic carbocycles. The van der Waals surface area contributed by atoms with Crippen molar-refractivity contribution in [2.45, 2.75) is 13.8 Å². The minimum absolute atomic E-state index is 0.553. The minimum atomic E-state index is 0.553. The van der Waals surface area contributed by atoms with Crippen LogP contribution in [0.25, 0.3) is 0 Å². The van der Waals surface area contributed by atoms with Gasteiger partial charge in [-0.2, -0.15) is 0 Å². The maximum absolute atomic E-state index is 5.82. The van der Waals surface area contributed by atoms with Gasteiger partial charge in [-0.3, -0.25) is 4.99 Å². The van der Waals surface area contributed by atoms with Crippen molar-refractivity contribution in [3.8, 4) is 5.75 Å². The quantitative estimate of drug-likeness (QED) is 0.417. The fourth-order valence-electron chi connectivity index (χ4n) is 1.58. The Bertz CT molecular complexity index is 410. The fraction of sp³-hybridized carbons (Fsp3) is 0.533. The molecular weight excluding hydrogens is 290 g/mol. The highest BCUT2D eigenvalue weighted by atomic mass is 35.5. The second-order valence-corrected chi connectivity index (χ2v) is 4.62. The molecule has 6 heteroatoms. The molecule has 1 aromatic rings. The van der Waals surface area contributed by atoms with Gasteiger partial charge in [0.15, 0.2) is 5.96 Å². The molecule has 0 saturated heterocycles. The lowest BCUT2D eigenvalue weighted by Crippen LogP contribution is -2.39. The van der Waals surface area contributed by atoms with E-state index in [2.05, 4.69) is 15.6 Å². The maximum Gasteiger partial charge on any atom is 0.191 e. The molecule has 0 spiro atoms. The lowest BCUT2D eigenvalue weighted by molar-refractivity contribution is 0.155. The molecule has 0 aromatic heterocycles. The third-order valence-electron chi connectivity index (χ3n) is 2.53. The Labute approximate surface area is 131 Å². The van der Waals surface area contributed by atoms with E-state index >= 15 is 0 Å². The van der Waals surface area contributed by atoms with Crippen LogP contribution in [0.15, 0.2) is 29.3 Å². The molecule has 21 heavy (non-hydrogen) atoms. The van der Waals surface area contributed by atoms with Crippen LogP contribution in [0.3, 0.4) is 0 Å². The second kappa shape index (κ2) is 11.2. The van der Waals surface area contributed by atoms with E-state index in [1.54, 1.807) is 0 Å². The van der Waals surface area contributed by atoms with Crippen LogP contribution >= 0.6 is 11.6 Å². The van der Waals surface area contributed by atoms with E-state index in [0.717, 1.165) is 18.3 Å². The number of benzene rings is 1. The first-order valence-electron chi connectivity index (χ1n) is 7.24. The minimum Gasteiger partial charge on any atom is -0.492 e. The van der Waals surface area contributed by atoms with Gasteiger partial charge in [-0.1, -0.05) is 11.6 Å². The molecule has 2 N–H and O–H groups in total. The summed E-state index contributed by atoms with van der Waals surface area (Å²) in [5, 5.41) is 7.09. The van der Waals surface area contributed by atoms with Crippen molar-refractivity contribution in [1.29, 1.82) is 0 Å². The number of nitrogens with zero attached hydrogens (tertiary/aromatic N) is 1. The van der Waals surface area contributed by atoms with Crippen molar-refractivity contribution in [3.63, 3.8) is 0 Å². The van der Waals surface area contributed by atoms with Crippen LogP contribution < -0.4 is 15.4 Å². The topological polar surface area (TPSA) is 54.9 Å². The van der Waals surface area contributed by atoms with E-state index in [1.165, 1.54) is 0 Å². The summed E-state index contributed by atoms with van der Waals surface area (Å²) in [7, 11) is 0. The summed E-state index contributed by atoms with van der Waals surface area (Å²) in [6.07, 6.45) is 0. The van der Waals surface area contributed by atoms with Gasteiger partial charge < -0.3 is 20.1 Å². The normalized spacial score (nSPS) is 11.3. The zero-order valence-corrected chi connectivity index (χ0v) is 13.4. The SMILES string of the molecule is CCNC(=NCCOCC)NCCOc1ccc(Cl)cc1. The van der Waals surface area contributed by atoms with Crippen molar-refractivity contribution in [3.05, 3.63) is 29.3 Å². The number of aliphatic imine (C=N–C) groups is 1. The average molecular weight is 314 g/mol. The Kier molecular flexibility index (Phi) is 9.40. The summed E-state index contributed by atoms with van der Waals surface area (Å²) in [5.41, 5.74) is 0. The molecule has 0 aliphatic rings. The van der Waals surface area contributed by atoms with Crippen molar-refractivity contribution < 1.29 is 9.47 Å². The van der Waals surface area contributed by atoms with Crippen LogP contribution in [0.5, 0.6) is 5.75 Å². The van der Waals surface area contributed by atoms with E-state index < -0.39 is 0 Å². The highest BCUT2D eigenvalue weighted by Gasteiger charge is 1.97. The molecule has 5 nitrogen and oxygen atoms in total. The number of halogens is 1. The van der Waals surface area contributed by atoms with Crippen molar-refractivity contribution in [1.82, 2.24) is 10.6 Å². The number of hydrogen-bond donors (Lipinski definition) is 2. The van der Waals surface area contributed by atoms with E-state index in [9.17, 15) is 0 Å². The Morgan fingerprint density at radius 1 is 1.14 bits per heavy atom. The van der Waals surface area contributed by atoms with E-state index in [0.29, 0.717) is 37.9 Å². The molecule has 0 atom stereocenters. The molecule has 0 heterocycles. The molecule has 0 aliphatic heterocycles. The van der Waals surface area contributed by atoms with Gasteiger partial charge in [0.05, 0.1) is 19.7 Å². The average Bonchev–Trinajstić information content (AvgIpc) is 2.49. The summed E-state index contributed by atoms with van der Waals surface area (Å²) < 4.78 is 10.9. The smallest absolute Gasteiger partial charge is 0.191 e. The van der Waals surface area contributed by atoms with Gasteiger partial charge in [0.2, 0.25) is 0 Å². The summed E-state index contributed by atoms with van der Waals surface area (Å²) in [4.78, 5) is 4.40. The third-order valence-corrected chi connectivity index (χ3v) is 2.78. The zero-order chi connectivity index (χ0) is 15.3. The van der Waals surface area contributed by atoms with Gasteiger partial charge in [-0.05, 0) is 38.1 Å². The van der Waals surface area contributed by atoms with Gasteiger partial charge in [-0.25, -0.2) is 0 Å². The molecule has 0 radical (unpaired) electrons. The van der Waals surface area contributed by atoms with Crippen molar-refractivity contribution in [2.75, 3.05) is 39.5 Å². The Hall–Kier alpha value is -1.46. The lowest BCUT2D eigenvalue weighted by atomic mass is 10.3. The Balaban J connectivity index is 2.24. The van der Waals surface area contributed by atoms with Gasteiger partial charge in [0, 0.05) is 18.2 Å². The van der Waals surface area contributed by atoms with E-state index in [-0.39, 0.29) is 0 Å². The molecule has 1 rings (SSSR count). The highest BCUT2D eigenvalue weighted by Crippen LogP contribution is 2.14. The number of nitrogens with one attached hydrogen (secondary N) is 2. The van der Waals surface area contributed by atoms with Gasteiger partial charge >= 0.3 is 0 Å². The first-order chi connectivity index (χ1) is 10.3. The first-order valence-corrected chi connectivity index (χ1v) is 7.62. The predicted molar refractivity (Wildman–Crippen MR) is 87.4 cm³/mol. The third kappa shape index (κ3) is 8.42. The number of rotatable bonds is 9. The van der Waals surface area contributed by atoms with Crippen LogP contribution in [0.2, 0.25) is 5.02 Å². The summed E-state index contributed by atoms with van der Waals surface area (Å²) in [5.74, 6) is 1.58. The van der Waals surface area contributed by atoms with Crippen LogP contribution in [0, 0.1) is 0 Å². The van der Waals surface area contributed by atoms with E-state index in [4.69, 9.17) is 21.1 Å². The van der Waals surface area contributed by atoms with Crippen LogP contribution in [-0.2, 0) is 4.74 Å². The zero-order valence-electron chi connectivity index (χ0n) is 12.7. The van der Waals surface area contributed by atoms with Gasteiger partial charge in [0.1, 0.15) is 12.4 Å². The van der Waals surface area contributed by atoms with Gasteiger partial charge in [-0.15, -0.1) is 0 Å². The molecule has 0 unspecified atom stereocenters. The molecule has 0 aliphatic carbocycles. The van der Waals surface area contributed by atoms with Crippen LogP contribution in [0.4, 0.5) is 0 Å². The highest BCUT2D eigenvalue weighted by molar-refractivity contribution is 6.30. The molecule has 0 amide bonds. The Morgan fingerprint density at radius 2 is 1.90 bits per heavy atom. The fourth-order valence-corrected chi connectivity index (χ4v) is 1.70. The predicted octanol–water partition coefficient (Wildman–Crippen LogP) is 2.31. The first kappa shape index (κ1) is 17.6. The van der Waals surface area contributed by atoms with Gasteiger partial charge in [0.25, 0.3) is 0 Å². The monoisotopic (exact) mass is 313 g/mol. The maximum atomic E-state index is 5.82. The molecule has 118 valence electrons. The lowest BCUT2D eigenvalue weighted by Gasteiger charge is -2.12. The van der Waals surface area contributed by atoms with Crippen LogP contribution in [0.1, 0.15) is 13.8 Å². The number of guanidine groups is 1. The second-order valence-electron chi connectivity index (χ2n) is 4.19. The molecular formula is C15H24ClN3O2. The molecule has 0 saturated carbocycles. The van der Waals surface area contributed by atoms with E-state index in [1.807, 2.05) is 38.1 Å². The summed E-state index contributed by atoms with van der Waals surface area (Å²) in [6.45, 7) is 8.04. The molecule has 0 bridgehead atoms. The van der Waals surface area contributed by atoms with Crippen molar-refractivity contribution >= 4 is 17.6 Å². The van der Waals surface area contributed by atoms with Crippen LogP contribution in [-0.4, -0.2) is 45.4 Å². The molecule has 0 fully saturated rings. The largest absolute Gasteiger partial charge is 0.492 e.